The van der Waals surface area contributed by atoms with E-state index in [2.05, 4.69) is 6.64 Å². The zero-order chi connectivity index (χ0) is 8.15. The molecule has 10 heavy (non-hydrogen) atoms. The van der Waals surface area contributed by atoms with Gasteiger partial charge in [-0.15, -0.1) is 0 Å². The summed E-state index contributed by atoms with van der Waals surface area (Å²) in [6, 6.07) is 0. The molecule has 0 aromatic heterocycles. The van der Waals surface area contributed by atoms with Gasteiger partial charge in [0.15, 0.2) is 0 Å². The minimum absolute atomic E-state index is 0.390. The van der Waals surface area contributed by atoms with Crippen LogP contribution >= 0.6 is 0 Å². The molecule has 0 aliphatic rings. The SMILES string of the molecule is CC(=O)[O][Ti]([CH3])[O]C(C)=O. The van der Waals surface area contributed by atoms with Crippen molar-refractivity contribution < 1.29 is 34.9 Å². The van der Waals surface area contributed by atoms with Gasteiger partial charge in [0, 0.05) is 0 Å². The predicted octanol–water partition coefficient (Wildman–Crippen LogP) is 0.609. The van der Waals surface area contributed by atoms with Crippen LogP contribution in [0, 0.1) is 0 Å². The molecule has 5 heteroatoms. The van der Waals surface area contributed by atoms with Crippen molar-refractivity contribution in [2.75, 3.05) is 0 Å². The number of hydrogen-bond donors (Lipinski definition) is 0. The van der Waals surface area contributed by atoms with Crippen LogP contribution in [0.4, 0.5) is 0 Å². The second-order valence-electron chi connectivity index (χ2n) is 1.68. The fraction of sp³-hybridized carbons (Fsp3) is 0.600. The number of carbonyl (C=O) groups excluding carboxylic acids is 2. The molecule has 0 aliphatic carbocycles. The Kier molecular flexibility index (Phi) is 4.31. The molecule has 0 heterocycles. The molecule has 0 saturated heterocycles. The van der Waals surface area contributed by atoms with Gasteiger partial charge in [0.2, 0.25) is 0 Å². The first-order chi connectivity index (χ1) is 4.52. The van der Waals surface area contributed by atoms with E-state index in [4.69, 9.17) is 0 Å². The van der Waals surface area contributed by atoms with E-state index in [0.29, 0.717) is 0 Å². The van der Waals surface area contributed by atoms with Crippen LogP contribution < -0.4 is 0 Å². The average Bonchev–Trinajstić information content (AvgIpc) is 1.58. The maximum absolute atomic E-state index is 10.3. The van der Waals surface area contributed by atoms with E-state index in [0.717, 1.165) is 0 Å². The Morgan fingerprint density at radius 1 is 1.10 bits per heavy atom. The topological polar surface area (TPSA) is 52.6 Å². The first kappa shape index (κ1) is 9.65. The molecule has 0 amide bonds. The van der Waals surface area contributed by atoms with Crippen LogP contribution in [-0.2, 0) is 34.9 Å². The van der Waals surface area contributed by atoms with Crippen LogP contribution in [-0.4, -0.2) is 11.9 Å². The molecule has 0 unspecified atom stereocenters. The summed E-state index contributed by atoms with van der Waals surface area (Å²) in [7, 11) is 0. The van der Waals surface area contributed by atoms with Crippen molar-refractivity contribution in [3.8, 4) is 0 Å². The van der Waals surface area contributed by atoms with Gasteiger partial charge in [-0.25, -0.2) is 0 Å². The molecule has 57 valence electrons. The molecule has 4 nitrogen and oxygen atoms in total. The summed E-state index contributed by atoms with van der Waals surface area (Å²) in [4.78, 5) is 20.5. The van der Waals surface area contributed by atoms with E-state index >= 15 is 0 Å². The Hall–Kier alpha value is -0.346. The van der Waals surface area contributed by atoms with Crippen LogP contribution in [0.3, 0.4) is 0 Å². The molecule has 0 aromatic rings. The van der Waals surface area contributed by atoms with Crippen LogP contribution in [0.2, 0.25) is 5.23 Å². The molecule has 0 rings (SSSR count). The fourth-order valence-electron chi connectivity index (χ4n) is 0.426. The van der Waals surface area contributed by atoms with Crippen molar-refractivity contribution in [3.05, 3.63) is 0 Å². The van der Waals surface area contributed by atoms with Crippen molar-refractivity contribution in [3.63, 3.8) is 0 Å². The zero-order valence-electron chi connectivity index (χ0n) is 6.13. The Morgan fingerprint density at radius 2 is 1.40 bits per heavy atom. The van der Waals surface area contributed by atoms with Crippen LogP contribution in [0.25, 0.3) is 0 Å². The summed E-state index contributed by atoms with van der Waals surface area (Å²) in [6.07, 6.45) is 0. The second kappa shape index (κ2) is 4.47. The molecule has 0 bridgehead atoms. The minimum atomic E-state index is -2.26. The summed E-state index contributed by atoms with van der Waals surface area (Å²) in [5.74, 6) is -0.780. The third-order valence-corrected chi connectivity index (χ3v) is 2.37. The van der Waals surface area contributed by atoms with Crippen LogP contribution in [0.15, 0.2) is 0 Å². The summed E-state index contributed by atoms with van der Waals surface area (Å²) in [6.45, 7) is 2.58. The van der Waals surface area contributed by atoms with E-state index in [1.54, 1.807) is 5.23 Å². The quantitative estimate of drug-likeness (QED) is 0.585. The van der Waals surface area contributed by atoms with Crippen molar-refractivity contribution in [2.24, 2.45) is 0 Å². The van der Waals surface area contributed by atoms with Crippen molar-refractivity contribution in [1.29, 1.82) is 0 Å². The number of rotatable bonds is 2. The molecule has 0 aliphatic heterocycles. The molecule has 0 saturated carbocycles. The first-order valence-electron chi connectivity index (χ1n) is 2.72. The molecular weight excluding hydrogens is 172 g/mol. The van der Waals surface area contributed by atoms with Gasteiger partial charge in [0.25, 0.3) is 0 Å². The zero-order valence-corrected chi connectivity index (χ0v) is 7.69. The molecule has 0 atom stereocenters. The van der Waals surface area contributed by atoms with E-state index in [1.807, 2.05) is 0 Å². The molecule has 0 fully saturated rings. The standard InChI is InChI=1S/2C2H4O2.CH3.Ti/c2*1-2(3)4;;/h2*1H3,(H,3,4);1H3;/q;;;+2/p-2. The van der Waals surface area contributed by atoms with Gasteiger partial charge >= 0.3 is 65.9 Å². The summed E-state index contributed by atoms with van der Waals surface area (Å²) in [5.41, 5.74) is 0. The second-order valence-corrected chi connectivity index (χ2v) is 3.85. The number of carbonyl (C=O) groups is 2. The van der Waals surface area contributed by atoms with Gasteiger partial charge in [0.1, 0.15) is 0 Å². The average molecular weight is 181 g/mol. The Balaban J connectivity index is 3.53. The van der Waals surface area contributed by atoms with E-state index in [9.17, 15) is 9.59 Å². The van der Waals surface area contributed by atoms with Gasteiger partial charge in [0.05, 0.1) is 0 Å². The van der Waals surface area contributed by atoms with Gasteiger partial charge in [-0.05, 0) is 0 Å². The molecule has 0 N–H and O–H groups in total. The van der Waals surface area contributed by atoms with Crippen molar-refractivity contribution >= 4 is 11.9 Å². The summed E-state index contributed by atoms with van der Waals surface area (Å²) >= 11 is -2.26. The Labute approximate surface area is 66.3 Å². The van der Waals surface area contributed by atoms with Crippen molar-refractivity contribution in [2.45, 2.75) is 19.1 Å². The van der Waals surface area contributed by atoms with E-state index in [-0.39, 0.29) is 0 Å². The third kappa shape index (κ3) is 5.78. The maximum atomic E-state index is 10.3. The normalized spacial score (nSPS) is 8.30. The van der Waals surface area contributed by atoms with E-state index < -0.39 is 30.6 Å². The third-order valence-electron chi connectivity index (χ3n) is 0.575. The van der Waals surface area contributed by atoms with Gasteiger partial charge in [-0.3, -0.25) is 0 Å². The number of hydrogen-bond acceptors (Lipinski definition) is 4. The van der Waals surface area contributed by atoms with Crippen LogP contribution in [0.1, 0.15) is 13.8 Å². The Morgan fingerprint density at radius 3 is 1.60 bits per heavy atom. The van der Waals surface area contributed by atoms with Gasteiger partial charge in [-0.2, -0.15) is 0 Å². The molecule has 0 spiro atoms. The van der Waals surface area contributed by atoms with Gasteiger partial charge < -0.3 is 0 Å². The monoisotopic (exact) mass is 181 g/mol. The summed E-state index contributed by atoms with van der Waals surface area (Å²) in [5, 5.41) is 1.64. The molecule has 0 radical (unpaired) electrons. The summed E-state index contributed by atoms with van der Waals surface area (Å²) < 4.78 is 9.29. The van der Waals surface area contributed by atoms with Crippen molar-refractivity contribution in [1.82, 2.24) is 0 Å². The predicted molar refractivity (Wildman–Crippen MR) is 29.4 cm³/mol. The molecular formula is C5H9O4Ti. The van der Waals surface area contributed by atoms with Crippen LogP contribution in [0.5, 0.6) is 0 Å². The molecule has 0 aromatic carbocycles. The first-order valence-corrected chi connectivity index (χ1v) is 5.56. The fourth-order valence-corrected chi connectivity index (χ4v) is 1.75. The van der Waals surface area contributed by atoms with E-state index in [1.165, 1.54) is 13.8 Å². The van der Waals surface area contributed by atoms with Gasteiger partial charge in [-0.1, -0.05) is 0 Å². The Bertz CT molecular complexity index is 129.